The highest BCUT2D eigenvalue weighted by atomic mass is 32.2. The Balaban J connectivity index is 1.01. The zero-order chi connectivity index (χ0) is 49.2. The molecule has 0 bridgehead atoms. The summed E-state index contributed by atoms with van der Waals surface area (Å²) in [6.07, 6.45) is 2.42. The molecule has 0 saturated carbocycles. The van der Waals surface area contributed by atoms with Crippen LogP contribution in [0.2, 0.25) is 0 Å². The van der Waals surface area contributed by atoms with Crippen molar-refractivity contribution in [3.8, 4) is 11.1 Å². The summed E-state index contributed by atoms with van der Waals surface area (Å²) < 4.78 is 16.7. The molecule has 0 aliphatic heterocycles. The number of fused-ring (bicyclic) bond motifs is 3. The van der Waals surface area contributed by atoms with Gasteiger partial charge in [-0.25, -0.2) is 4.79 Å². The Morgan fingerprint density at radius 1 is 0.594 bits per heavy atom. The van der Waals surface area contributed by atoms with Gasteiger partial charge in [-0.1, -0.05) is 128 Å². The summed E-state index contributed by atoms with van der Waals surface area (Å²) in [6, 6.07) is 31.6. The third kappa shape index (κ3) is 18.2. The Morgan fingerprint density at radius 2 is 1.10 bits per heavy atom. The minimum Gasteiger partial charge on any atom is -0.449 e. The van der Waals surface area contributed by atoms with E-state index in [1.54, 1.807) is 11.8 Å². The number of carbonyl (C=O) groups excluding carboxylic acids is 6. The molecule has 3 unspecified atom stereocenters. The molecule has 15 nitrogen and oxygen atoms in total. The molecule has 4 aromatic rings. The van der Waals surface area contributed by atoms with Crippen molar-refractivity contribution in [2.75, 3.05) is 64.7 Å². The van der Waals surface area contributed by atoms with E-state index in [2.05, 4.69) is 62.7 Å². The van der Waals surface area contributed by atoms with Gasteiger partial charge < -0.3 is 46.1 Å². The molecule has 5 rings (SSSR count). The highest BCUT2D eigenvalue weighted by Gasteiger charge is 2.31. The fourth-order valence-corrected chi connectivity index (χ4v) is 8.14. The van der Waals surface area contributed by atoms with Gasteiger partial charge in [-0.15, -0.1) is 0 Å². The second kappa shape index (κ2) is 29.4. The molecule has 3 atom stereocenters. The van der Waals surface area contributed by atoms with Crippen molar-refractivity contribution in [1.82, 2.24) is 31.9 Å². The molecule has 6 N–H and O–H groups in total. The van der Waals surface area contributed by atoms with Gasteiger partial charge in [0.2, 0.25) is 29.5 Å². The highest BCUT2D eigenvalue weighted by Crippen LogP contribution is 2.44. The van der Waals surface area contributed by atoms with Crippen LogP contribution in [0, 0.1) is 0 Å². The molecule has 6 amide bonds. The molecule has 0 saturated heterocycles. The molecule has 0 radical (unpaired) electrons. The topological polar surface area (TPSA) is 202 Å². The summed E-state index contributed by atoms with van der Waals surface area (Å²) in [7, 11) is 0. The molecule has 1 aliphatic carbocycles. The van der Waals surface area contributed by atoms with Gasteiger partial charge in [0.25, 0.3) is 0 Å². The molecule has 69 heavy (non-hydrogen) atoms. The van der Waals surface area contributed by atoms with E-state index in [0.717, 1.165) is 39.0 Å². The lowest BCUT2D eigenvalue weighted by molar-refractivity contribution is -0.134. The maximum Gasteiger partial charge on any atom is 0.407 e. The van der Waals surface area contributed by atoms with E-state index in [1.807, 2.05) is 98.1 Å². The Kier molecular flexibility index (Phi) is 22.8. The van der Waals surface area contributed by atoms with Crippen molar-refractivity contribution in [1.29, 1.82) is 0 Å². The SMILES string of the molecule is C=C(CC)CNC(=O)C(CCSC)NC(=O)C(Cc1ccccc1)NC(=O)C(Cc1ccccc1)NC(=O)CCC(=O)NCCOCCOCCNC(=O)OCC1c2ccccc2-c2ccccc21. The summed E-state index contributed by atoms with van der Waals surface area (Å²) in [4.78, 5) is 79.6. The van der Waals surface area contributed by atoms with Crippen molar-refractivity contribution >= 4 is 47.4 Å². The molecule has 0 spiro atoms. The fraction of sp³-hybridized carbons (Fsp3) is 0.396. The number of amides is 6. The predicted molar refractivity (Wildman–Crippen MR) is 268 cm³/mol. The average Bonchev–Trinajstić information content (AvgIpc) is 3.69. The summed E-state index contributed by atoms with van der Waals surface area (Å²) in [5.41, 5.74) is 7.02. The van der Waals surface area contributed by atoms with Crippen molar-refractivity contribution in [2.24, 2.45) is 0 Å². The molecule has 4 aromatic carbocycles. The van der Waals surface area contributed by atoms with Crippen LogP contribution in [0.5, 0.6) is 0 Å². The first kappa shape index (κ1) is 53.5. The Hall–Kier alpha value is -6.49. The van der Waals surface area contributed by atoms with Crippen molar-refractivity contribution in [3.63, 3.8) is 0 Å². The molecule has 368 valence electrons. The van der Waals surface area contributed by atoms with E-state index in [9.17, 15) is 28.8 Å². The van der Waals surface area contributed by atoms with E-state index >= 15 is 0 Å². The molecular weight excluding hydrogens is 897 g/mol. The number of thioether (sulfide) groups is 1. The van der Waals surface area contributed by atoms with Gasteiger partial charge >= 0.3 is 6.09 Å². The van der Waals surface area contributed by atoms with Crippen LogP contribution in [-0.4, -0.2) is 118 Å². The number of alkyl carbamates (subject to hydrolysis) is 1. The van der Waals surface area contributed by atoms with Crippen LogP contribution in [0.1, 0.15) is 60.8 Å². The van der Waals surface area contributed by atoms with Gasteiger partial charge in [0.15, 0.2) is 0 Å². The van der Waals surface area contributed by atoms with Crippen LogP contribution >= 0.6 is 11.8 Å². The van der Waals surface area contributed by atoms with Gasteiger partial charge in [0, 0.05) is 51.2 Å². The Bertz CT molecular complexity index is 2250. The van der Waals surface area contributed by atoms with Crippen LogP contribution in [0.25, 0.3) is 11.1 Å². The maximum absolute atomic E-state index is 14.1. The number of carbonyl (C=O) groups is 6. The third-order valence-electron chi connectivity index (χ3n) is 11.5. The normalized spacial score (nSPS) is 12.8. The first-order valence-electron chi connectivity index (χ1n) is 23.5. The van der Waals surface area contributed by atoms with Crippen LogP contribution in [0.4, 0.5) is 4.79 Å². The smallest absolute Gasteiger partial charge is 0.407 e. The van der Waals surface area contributed by atoms with Gasteiger partial charge in [-0.3, -0.25) is 24.0 Å². The van der Waals surface area contributed by atoms with Crippen molar-refractivity contribution < 1.29 is 43.0 Å². The lowest BCUT2D eigenvalue weighted by Crippen LogP contribution is -2.57. The van der Waals surface area contributed by atoms with E-state index in [-0.39, 0.29) is 96.1 Å². The van der Waals surface area contributed by atoms with Gasteiger partial charge in [0.1, 0.15) is 24.7 Å². The molecular formula is C53H66N6O9S. The second-order valence-corrected chi connectivity index (χ2v) is 17.5. The lowest BCUT2D eigenvalue weighted by Gasteiger charge is -2.26. The van der Waals surface area contributed by atoms with Crippen molar-refractivity contribution in [2.45, 2.75) is 69.5 Å². The molecule has 0 fully saturated rings. The maximum atomic E-state index is 14.1. The summed E-state index contributed by atoms with van der Waals surface area (Å²) in [6.45, 7) is 7.91. The summed E-state index contributed by atoms with van der Waals surface area (Å²) in [5, 5.41) is 16.8. The van der Waals surface area contributed by atoms with Crippen LogP contribution in [0.3, 0.4) is 0 Å². The second-order valence-electron chi connectivity index (χ2n) is 16.6. The van der Waals surface area contributed by atoms with Crippen LogP contribution in [0.15, 0.2) is 121 Å². The number of hydrogen-bond acceptors (Lipinski definition) is 10. The first-order chi connectivity index (χ1) is 33.6. The third-order valence-corrected chi connectivity index (χ3v) is 12.1. The summed E-state index contributed by atoms with van der Waals surface area (Å²) >= 11 is 1.55. The number of nitrogens with one attached hydrogen (secondary N) is 6. The minimum atomic E-state index is -1.08. The van der Waals surface area contributed by atoms with Gasteiger partial charge in [-0.05, 0) is 58.2 Å². The van der Waals surface area contributed by atoms with Crippen LogP contribution in [-0.2, 0) is 51.0 Å². The predicted octanol–water partition coefficient (Wildman–Crippen LogP) is 5.23. The average molecular weight is 963 g/mol. The molecule has 0 aromatic heterocycles. The molecule has 16 heteroatoms. The largest absolute Gasteiger partial charge is 0.449 e. The van der Waals surface area contributed by atoms with E-state index in [0.29, 0.717) is 18.6 Å². The first-order valence-corrected chi connectivity index (χ1v) is 24.9. The zero-order valence-corrected chi connectivity index (χ0v) is 40.4. The fourth-order valence-electron chi connectivity index (χ4n) is 7.67. The molecule has 1 aliphatic rings. The van der Waals surface area contributed by atoms with Crippen LogP contribution < -0.4 is 31.9 Å². The number of hydrogen-bond donors (Lipinski definition) is 6. The number of benzene rings is 4. The Morgan fingerprint density at radius 3 is 1.67 bits per heavy atom. The molecule has 0 heterocycles. The van der Waals surface area contributed by atoms with E-state index < -0.39 is 41.9 Å². The van der Waals surface area contributed by atoms with Crippen molar-refractivity contribution in [3.05, 3.63) is 144 Å². The summed E-state index contributed by atoms with van der Waals surface area (Å²) in [5.74, 6) is -1.77. The lowest BCUT2D eigenvalue weighted by atomic mass is 9.98. The van der Waals surface area contributed by atoms with Gasteiger partial charge in [0.05, 0.1) is 26.4 Å². The monoisotopic (exact) mass is 962 g/mol. The minimum absolute atomic E-state index is 0.0215. The number of rotatable bonds is 30. The van der Waals surface area contributed by atoms with Gasteiger partial charge in [-0.2, -0.15) is 11.8 Å². The highest BCUT2D eigenvalue weighted by molar-refractivity contribution is 7.98. The standard InChI is InChI=1S/C53H66N6O9S/c1-4-37(2)35-56-50(62)45(25-32-69-3)58-52(64)47(34-39-17-9-6-10-18-39)59-51(63)46(33-38-15-7-5-8-16-38)57-49(61)24-23-48(60)54-26-28-66-30-31-67-29-27-55-53(65)68-36-44-42-21-13-11-19-40(42)41-20-12-14-22-43(41)44/h5-22,44-47H,2,4,23-36H2,1,3H3,(H,54,60)(H,55,65)(H,56,62)(H,57,61)(H,58,64)(H,59,63). The zero-order valence-electron chi connectivity index (χ0n) is 39.6. The van der Waals surface area contributed by atoms with E-state index in [4.69, 9.17) is 14.2 Å². The number of ether oxygens (including phenoxy) is 3. The quantitative estimate of drug-likeness (QED) is 0.0297. The Labute approximate surface area is 409 Å². The van der Waals surface area contributed by atoms with E-state index in [1.165, 1.54) is 0 Å².